The number of hydrogen-bond donors (Lipinski definition) is 3. The molecule has 4 aromatic heterocycles. The van der Waals surface area contributed by atoms with Crippen LogP contribution in [0.4, 0.5) is 0 Å². The maximum Gasteiger partial charge on any atom is 0.307 e. The fraction of sp³-hybridized carbons (Fsp3) is 0.659. The zero-order valence-corrected chi connectivity index (χ0v) is 74.0. The predicted molar refractivity (Wildman–Crippen MR) is 466 cm³/mol. The van der Waals surface area contributed by atoms with Gasteiger partial charge in [0.15, 0.2) is 11.6 Å². The number of hydrogen-bond acceptors (Lipinski definition) is 21. The summed E-state index contributed by atoms with van der Waals surface area (Å²) in [5, 5.41) is 6.22. The molecular formula is C91H125N11O14S4. The van der Waals surface area contributed by atoms with Crippen molar-refractivity contribution in [2.75, 3.05) is 13.1 Å². The Morgan fingerprint density at radius 2 is 0.975 bits per heavy atom. The molecule has 0 bridgehead atoms. The fourth-order valence-electron chi connectivity index (χ4n) is 19.2. The smallest absolute Gasteiger partial charge is 0.307 e. The summed E-state index contributed by atoms with van der Waals surface area (Å²) in [5.74, 6) is -3.38. The van der Waals surface area contributed by atoms with E-state index in [4.69, 9.17) is 39.9 Å². The van der Waals surface area contributed by atoms with Gasteiger partial charge >= 0.3 is 5.97 Å². The van der Waals surface area contributed by atoms with Gasteiger partial charge in [-0.3, -0.25) is 52.1 Å². The number of para-hydroxylation sites is 2. The number of ketones is 2. The molecule has 0 radical (unpaired) electrons. The van der Waals surface area contributed by atoms with Crippen LogP contribution in [0.15, 0.2) is 71.5 Å². The number of nitrogens with zero attached hydrogens (tertiary/aromatic N) is 8. The lowest BCUT2D eigenvalue weighted by Crippen LogP contribution is -2.50. The molecule has 10 atom stereocenters. The number of benzene rings is 2. The molecule has 4 aliphatic heterocycles. The molecule has 0 unspecified atom stereocenters. The molecule has 8 fully saturated rings. The number of Topliss-reactive ketones (excluding diaryl/α,β-unsaturated/α-hetero) is 2. The third kappa shape index (κ3) is 18.7. The summed E-state index contributed by atoms with van der Waals surface area (Å²) in [4.78, 5) is 123. The molecule has 10 aliphatic rings. The summed E-state index contributed by atoms with van der Waals surface area (Å²) in [6.45, 7) is 17.1. The molecular weight excluding hydrogens is 1600 g/mol. The number of esters is 1. The van der Waals surface area contributed by atoms with E-state index in [1.165, 1.54) is 51.4 Å². The van der Waals surface area contributed by atoms with Gasteiger partial charge in [0.25, 0.3) is 12.0 Å². The van der Waals surface area contributed by atoms with Crippen LogP contribution in [0.25, 0.3) is 43.2 Å². The number of amides is 4. The van der Waals surface area contributed by atoms with Crippen molar-refractivity contribution in [3.8, 4) is 33.2 Å². The van der Waals surface area contributed by atoms with Gasteiger partial charge in [0.2, 0.25) is 43.7 Å². The van der Waals surface area contributed by atoms with Crippen molar-refractivity contribution >= 4 is 106 Å². The molecule has 0 spiro atoms. The SMILES string of the molecule is C.CC(C)n1c(O[C@@H]2C[C@H]3C(=O)C[C@]4(C(=O)NS(=O)(=O)C5(C)CC5)C[C@H]4/C=C\CCCCC[C@H](CC(=O)OC(C)(C)C)C(=O)N3C2)nc2c(-c3nc(C4CCCCC4)cs3)cccc21.CC(C)n1c(O[C@@H]2C[C@H]3C(=O)C[C@]4(C(=O)NS(=O)(=O)C5(C)CC5)C[C@H]4/C=C\CCCCC[C@H](N)C(=O)N3C2)nc2c(-c3nc(C4CCCCC4)cs3)cccc21. The molecule has 6 aliphatic carbocycles. The highest BCUT2D eigenvalue weighted by Crippen LogP contribution is 2.60. The number of carbonyl (C=O) groups excluding carboxylic acids is 7. The second-order valence-corrected chi connectivity index (χ2v) is 44.2. The zero-order valence-electron chi connectivity index (χ0n) is 70.7. The van der Waals surface area contributed by atoms with Gasteiger partial charge in [0.05, 0.1) is 80.4 Å². The minimum atomic E-state index is -3.96. The van der Waals surface area contributed by atoms with E-state index in [0.717, 1.165) is 112 Å². The third-order valence-electron chi connectivity index (χ3n) is 27.2. The number of carbonyl (C=O) groups is 7. The molecule has 25 nitrogen and oxygen atoms in total. The van der Waals surface area contributed by atoms with Crippen molar-refractivity contribution < 1.29 is 64.6 Å². The number of fused-ring (bicyclic) bond motifs is 6. The molecule has 2 saturated heterocycles. The van der Waals surface area contributed by atoms with Crippen LogP contribution in [0.1, 0.15) is 304 Å². The van der Waals surface area contributed by atoms with Crippen LogP contribution < -0.4 is 24.7 Å². The topological polar surface area (TPSA) is 333 Å². The van der Waals surface area contributed by atoms with E-state index in [1.54, 1.807) is 67.1 Å². The van der Waals surface area contributed by atoms with Crippen molar-refractivity contribution in [2.24, 2.45) is 34.3 Å². The van der Waals surface area contributed by atoms with E-state index in [2.05, 4.69) is 58.5 Å². The average Bonchev–Trinajstić information content (AvgIpc) is 1.57. The van der Waals surface area contributed by atoms with E-state index in [-0.39, 0.29) is 99.9 Å². The molecule has 16 rings (SSSR count). The summed E-state index contributed by atoms with van der Waals surface area (Å²) in [7, 11) is -7.86. The Kier molecular flexibility index (Phi) is 26.2. The predicted octanol–water partition coefficient (Wildman–Crippen LogP) is 16.6. The Morgan fingerprint density at radius 1 is 0.567 bits per heavy atom. The lowest BCUT2D eigenvalue weighted by Gasteiger charge is -2.29. The Bertz CT molecular complexity index is 5130. The van der Waals surface area contributed by atoms with Crippen molar-refractivity contribution in [2.45, 2.75) is 338 Å². The van der Waals surface area contributed by atoms with Crippen molar-refractivity contribution in [1.29, 1.82) is 0 Å². The quantitative estimate of drug-likeness (QED) is 0.0531. The van der Waals surface area contributed by atoms with Crippen molar-refractivity contribution in [1.82, 2.24) is 48.3 Å². The highest BCUT2D eigenvalue weighted by Gasteiger charge is 2.65. The molecule has 4 N–H and O–H groups in total. The number of sulfonamides is 2. The van der Waals surface area contributed by atoms with E-state index in [0.29, 0.717) is 81.6 Å². The second kappa shape index (κ2) is 35.5. The Balaban J connectivity index is 0.000000196. The Morgan fingerprint density at radius 3 is 1.39 bits per heavy atom. The number of allylic oxidation sites excluding steroid dienone is 4. The zero-order chi connectivity index (χ0) is 84.3. The van der Waals surface area contributed by atoms with E-state index in [9.17, 15) is 50.4 Å². The average molecular weight is 1730 g/mol. The standard InChI is InChI=1S/C48H65N5O8S2.C42H56N6O6S2.CH4/c1-30(2)53-37-21-15-20-35(42-49-36(29-62-42)31-16-12-10-13-17-31)41(37)50-45(53)60-34-25-38-39(54)27-48(44(57)51-63(58,59)47(6)22-23-47)26-33(48)19-14-9-7-8-11-18-32(43(56)52(38)28-34)24-40(55)61-46(3,4)5;1-26(2)48-33-18-12-16-30(37-44-32(25-55-37)27-13-8-7-9-14-27)36(33)45-40(48)54-29-21-34-35(49)23-42(39(51)46-56(52,53)41(3)19-20-41)22-28(42)15-10-5-4-6-11-17-31(43)38(50)47(34)24-29;/h14-15,19-21,29-34,38H,7-13,16-18,22-28H2,1-6H3,(H,51,57);10,12,15-16,18,25-29,31,34H,4-9,11,13-14,17,19-24,43H2,1-3H3,(H,46,51);1H4/b19-14-;15-10-;/t32-,33-,34-,38+,48-;28-,29-,31+,34+,42-;/m11./s1. The summed E-state index contributed by atoms with van der Waals surface area (Å²) in [6.07, 6.45) is 28.8. The summed E-state index contributed by atoms with van der Waals surface area (Å²) in [5.41, 5.74) is 10.9. The van der Waals surface area contributed by atoms with E-state index < -0.39 is 100 Å². The lowest BCUT2D eigenvalue weighted by atomic mass is 9.87. The van der Waals surface area contributed by atoms with Gasteiger partial charge in [0.1, 0.15) is 38.9 Å². The first-order valence-corrected chi connectivity index (χ1v) is 48.8. The van der Waals surface area contributed by atoms with Crippen LogP contribution in [0, 0.1) is 28.6 Å². The van der Waals surface area contributed by atoms with Crippen molar-refractivity contribution in [3.05, 3.63) is 82.9 Å². The minimum Gasteiger partial charge on any atom is -0.460 e. The maximum absolute atomic E-state index is 14.9. The van der Waals surface area contributed by atoms with Crippen LogP contribution in [-0.2, 0) is 58.3 Å². The van der Waals surface area contributed by atoms with Crippen LogP contribution in [0.3, 0.4) is 0 Å². The summed E-state index contributed by atoms with van der Waals surface area (Å²) >= 11 is 3.28. The summed E-state index contributed by atoms with van der Waals surface area (Å²) < 4.78 is 79.1. The van der Waals surface area contributed by atoms with Crippen LogP contribution in [0.5, 0.6) is 12.0 Å². The largest absolute Gasteiger partial charge is 0.460 e. The van der Waals surface area contributed by atoms with Gasteiger partial charge in [0, 0.05) is 77.4 Å². The second-order valence-electron chi connectivity index (χ2n) is 38.1. The van der Waals surface area contributed by atoms with Crippen LogP contribution in [-0.4, -0.2) is 155 Å². The minimum absolute atomic E-state index is 0. The van der Waals surface area contributed by atoms with Gasteiger partial charge in [-0.1, -0.05) is 108 Å². The first-order valence-electron chi connectivity index (χ1n) is 44.1. The highest BCUT2D eigenvalue weighted by atomic mass is 32.2. The first kappa shape index (κ1) is 88.6. The van der Waals surface area contributed by atoms with E-state index >= 15 is 0 Å². The number of imidazole rings is 2. The Hall–Kier alpha value is -7.73. The van der Waals surface area contributed by atoms with Crippen LogP contribution >= 0.6 is 22.7 Å². The molecule has 8 heterocycles. The molecule has 6 saturated carbocycles. The van der Waals surface area contributed by atoms with Gasteiger partial charge in [-0.05, 0) is 201 Å². The fourth-order valence-corrected chi connectivity index (χ4v) is 23.7. The monoisotopic (exact) mass is 1720 g/mol. The van der Waals surface area contributed by atoms with Gasteiger partial charge in [-0.15, -0.1) is 22.7 Å². The van der Waals surface area contributed by atoms with Gasteiger partial charge < -0.3 is 29.7 Å². The molecule has 4 amide bonds. The molecule has 652 valence electrons. The number of thiazole rings is 2. The molecule has 29 heteroatoms. The van der Waals surface area contributed by atoms with Crippen molar-refractivity contribution in [3.63, 3.8) is 0 Å². The van der Waals surface area contributed by atoms with Gasteiger partial charge in [-0.2, -0.15) is 9.97 Å². The Labute approximate surface area is 715 Å². The number of nitrogens with one attached hydrogen (secondary N) is 2. The van der Waals surface area contributed by atoms with Crippen LogP contribution in [0.2, 0.25) is 0 Å². The van der Waals surface area contributed by atoms with Gasteiger partial charge in [-0.25, -0.2) is 26.8 Å². The number of aromatic nitrogens is 6. The number of ether oxygens (including phenoxy) is 3. The normalized spacial score (nSPS) is 28.2. The lowest BCUT2D eigenvalue weighted by molar-refractivity contribution is -0.159. The summed E-state index contributed by atoms with van der Waals surface area (Å²) in [6, 6.07) is 10.3. The molecule has 2 aromatic carbocycles. The first-order chi connectivity index (χ1) is 56.7. The third-order valence-corrected chi connectivity index (χ3v) is 33.3. The number of nitrogens with two attached hydrogens (primary N) is 1. The molecule has 120 heavy (non-hydrogen) atoms. The molecule has 6 aromatic rings. The number of rotatable bonds is 18. The van der Waals surface area contributed by atoms with E-state index in [1.807, 2.05) is 59.2 Å². The highest BCUT2D eigenvalue weighted by molar-refractivity contribution is 7.92. The maximum atomic E-state index is 14.9.